The van der Waals surface area contributed by atoms with Crippen molar-refractivity contribution in [2.75, 3.05) is 26.4 Å². The van der Waals surface area contributed by atoms with Gasteiger partial charge in [0.05, 0.1) is 25.2 Å². The lowest BCUT2D eigenvalue weighted by Crippen LogP contribution is -2.39. The Labute approximate surface area is 203 Å². The van der Waals surface area contributed by atoms with Crippen LogP contribution in [0, 0.1) is 5.41 Å². The largest absolute Gasteiger partial charge is 0.492 e. The first kappa shape index (κ1) is 29.9. The molecule has 0 aliphatic carbocycles. The Bertz CT molecular complexity index is 548. The third kappa shape index (κ3) is 14.0. The summed E-state index contributed by atoms with van der Waals surface area (Å²) >= 11 is 0. The van der Waals surface area contributed by atoms with Crippen molar-refractivity contribution in [2.24, 2.45) is 5.41 Å². The third-order valence-electron chi connectivity index (χ3n) is 6.81. The summed E-state index contributed by atoms with van der Waals surface area (Å²) < 4.78 is 5.87. The monoisotopic (exact) mass is 464 g/mol. The molecule has 0 saturated carbocycles. The van der Waals surface area contributed by atoms with Gasteiger partial charge in [0.2, 0.25) is 0 Å². The maximum Gasteiger partial charge on any atom is 0.122 e. The lowest BCUT2D eigenvalue weighted by atomic mass is 9.92. The molecular weight excluding hydrogens is 412 g/mol. The molecule has 4 nitrogen and oxygen atoms in total. The Kier molecular flexibility index (Phi) is 18.4. The van der Waals surface area contributed by atoms with Crippen molar-refractivity contribution in [3.05, 3.63) is 29.8 Å². The van der Waals surface area contributed by atoms with E-state index < -0.39 is 5.41 Å². The third-order valence-corrected chi connectivity index (χ3v) is 6.81. The van der Waals surface area contributed by atoms with Crippen LogP contribution in [0.5, 0.6) is 5.75 Å². The van der Waals surface area contributed by atoms with E-state index in [4.69, 9.17) is 4.74 Å². The predicted octanol–water partition coefficient (Wildman–Crippen LogP) is 6.83. The number of benzene rings is 1. The number of hydrogen-bond acceptors (Lipinski definition) is 4. The van der Waals surface area contributed by atoms with Crippen molar-refractivity contribution in [3.8, 4) is 5.75 Å². The minimum Gasteiger partial charge on any atom is -0.492 e. The smallest absolute Gasteiger partial charge is 0.122 e. The van der Waals surface area contributed by atoms with E-state index in [2.05, 4.69) is 13.0 Å². The number of hydrogen-bond donors (Lipinski definition) is 3. The Morgan fingerprint density at radius 3 is 1.48 bits per heavy atom. The lowest BCUT2D eigenvalue weighted by Gasteiger charge is -2.27. The summed E-state index contributed by atoms with van der Waals surface area (Å²) in [7, 11) is 0. The second-order valence-corrected chi connectivity index (χ2v) is 9.92. The normalized spacial score (nSPS) is 11.8. The van der Waals surface area contributed by atoms with Gasteiger partial charge in [0, 0.05) is 0 Å². The van der Waals surface area contributed by atoms with E-state index in [9.17, 15) is 15.3 Å². The molecule has 0 bridgehead atoms. The van der Waals surface area contributed by atoms with Crippen molar-refractivity contribution in [1.29, 1.82) is 0 Å². The number of para-hydroxylation sites is 1. The van der Waals surface area contributed by atoms with Crippen LogP contribution >= 0.6 is 0 Å². The standard InChI is InChI=1S/C29H52O4/c1-2-3-4-5-6-7-8-9-10-11-12-13-14-15-16-17-20-27-21-18-19-22-28(27)33-26-29(23-30,24-31)25-32/h18-19,21-22,30-32H,2-17,20,23-26H2,1H3. The molecule has 1 rings (SSSR count). The molecule has 0 heterocycles. The minimum absolute atomic E-state index is 0.104. The van der Waals surface area contributed by atoms with E-state index in [-0.39, 0.29) is 26.4 Å². The van der Waals surface area contributed by atoms with Crippen LogP contribution in [0.1, 0.15) is 115 Å². The predicted molar refractivity (Wildman–Crippen MR) is 139 cm³/mol. The number of aryl methyl sites for hydroxylation is 1. The molecule has 0 spiro atoms. The Hall–Kier alpha value is -1.10. The van der Waals surface area contributed by atoms with Gasteiger partial charge in [-0.1, -0.05) is 121 Å². The van der Waals surface area contributed by atoms with E-state index in [0.717, 1.165) is 24.2 Å². The van der Waals surface area contributed by atoms with E-state index >= 15 is 0 Å². The topological polar surface area (TPSA) is 69.9 Å². The van der Waals surface area contributed by atoms with Gasteiger partial charge in [-0.05, 0) is 24.5 Å². The van der Waals surface area contributed by atoms with Gasteiger partial charge in [0.25, 0.3) is 0 Å². The van der Waals surface area contributed by atoms with Gasteiger partial charge < -0.3 is 20.1 Å². The lowest BCUT2D eigenvalue weighted by molar-refractivity contribution is -0.0260. The van der Waals surface area contributed by atoms with E-state index in [0.29, 0.717) is 0 Å². The molecule has 0 aromatic heterocycles. The molecular formula is C29H52O4. The van der Waals surface area contributed by atoms with Crippen LogP contribution < -0.4 is 4.74 Å². The fourth-order valence-corrected chi connectivity index (χ4v) is 4.23. The fraction of sp³-hybridized carbons (Fsp3) is 0.793. The molecule has 0 amide bonds. The zero-order valence-corrected chi connectivity index (χ0v) is 21.4. The van der Waals surface area contributed by atoms with Crippen molar-refractivity contribution in [2.45, 2.75) is 116 Å². The summed E-state index contributed by atoms with van der Waals surface area (Å²) in [4.78, 5) is 0. The molecule has 3 N–H and O–H groups in total. The highest BCUT2D eigenvalue weighted by molar-refractivity contribution is 5.33. The number of aliphatic hydroxyl groups excluding tert-OH is 3. The average Bonchev–Trinajstić information content (AvgIpc) is 2.85. The Morgan fingerprint density at radius 2 is 1.03 bits per heavy atom. The van der Waals surface area contributed by atoms with Crippen LogP contribution in [0.25, 0.3) is 0 Å². The molecule has 0 atom stereocenters. The molecule has 0 aliphatic rings. The fourth-order valence-electron chi connectivity index (χ4n) is 4.23. The zero-order chi connectivity index (χ0) is 24.0. The van der Waals surface area contributed by atoms with Gasteiger partial charge in [-0.2, -0.15) is 0 Å². The maximum atomic E-state index is 9.48. The Morgan fingerprint density at radius 1 is 0.606 bits per heavy atom. The zero-order valence-electron chi connectivity index (χ0n) is 21.4. The summed E-state index contributed by atoms with van der Waals surface area (Å²) in [5, 5.41) is 28.4. The first-order chi connectivity index (χ1) is 16.2. The molecule has 1 aromatic carbocycles. The van der Waals surface area contributed by atoms with E-state index in [1.54, 1.807) is 0 Å². The number of ether oxygens (including phenoxy) is 1. The summed E-state index contributed by atoms with van der Waals surface area (Å²) in [6.45, 7) is 1.47. The van der Waals surface area contributed by atoms with Crippen LogP contribution in [0.3, 0.4) is 0 Å². The van der Waals surface area contributed by atoms with Gasteiger partial charge in [0.15, 0.2) is 0 Å². The minimum atomic E-state index is -0.999. The van der Waals surface area contributed by atoms with Crippen molar-refractivity contribution >= 4 is 0 Å². The summed E-state index contributed by atoms with van der Waals surface area (Å²) in [6, 6.07) is 7.97. The van der Waals surface area contributed by atoms with Gasteiger partial charge in [-0.25, -0.2) is 0 Å². The quantitative estimate of drug-likeness (QED) is 0.155. The summed E-state index contributed by atoms with van der Waals surface area (Å²) in [5.41, 5.74) is 0.159. The highest BCUT2D eigenvalue weighted by Crippen LogP contribution is 2.24. The van der Waals surface area contributed by atoms with Crippen LogP contribution in [-0.4, -0.2) is 41.7 Å². The average molecular weight is 465 g/mol. The first-order valence-electron chi connectivity index (χ1n) is 13.7. The van der Waals surface area contributed by atoms with Gasteiger partial charge in [-0.3, -0.25) is 0 Å². The molecule has 0 aliphatic heterocycles. The number of rotatable bonds is 23. The molecule has 33 heavy (non-hydrogen) atoms. The molecule has 0 fully saturated rings. The second kappa shape index (κ2) is 20.3. The van der Waals surface area contributed by atoms with Crippen molar-refractivity contribution in [3.63, 3.8) is 0 Å². The Balaban J connectivity index is 2.05. The maximum absolute atomic E-state index is 9.48. The molecule has 0 radical (unpaired) electrons. The van der Waals surface area contributed by atoms with Crippen LogP contribution in [0.15, 0.2) is 24.3 Å². The summed E-state index contributed by atoms with van der Waals surface area (Å²) in [6.07, 6.45) is 22.9. The highest BCUT2D eigenvalue weighted by atomic mass is 16.5. The molecule has 4 heteroatoms. The van der Waals surface area contributed by atoms with Crippen molar-refractivity contribution < 1.29 is 20.1 Å². The molecule has 0 saturated heterocycles. The first-order valence-corrected chi connectivity index (χ1v) is 13.7. The molecule has 0 unspecified atom stereocenters. The van der Waals surface area contributed by atoms with Gasteiger partial charge in [0.1, 0.15) is 12.4 Å². The van der Waals surface area contributed by atoms with Crippen LogP contribution in [0.4, 0.5) is 0 Å². The van der Waals surface area contributed by atoms with E-state index in [1.807, 2.05) is 18.2 Å². The van der Waals surface area contributed by atoms with Crippen LogP contribution in [0.2, 0.25) is 0 Å². The van der Waals surface area contributed by atoms with Crippen LogP contribution in [-0.2, 0) is 6.42 Å². The van der Waals surface area contributed by atoms with Gasteiger partial charge in [-0.15, -0.1) is 0 Å². The van der Waals surface area contributed by atoms with Crippen molar-refractivity contribution in [1.82, 2.24) is 0 Å². The second-order valence-electron chi connectivity index (χ2n) is 9.92. The van der Waals surface area contributed by atoms with E-state index in [1.165, 1.54) is 96.3 Å². The SMILES string of the molecule is CCCCCCCCCCCCCCCCCCc1ccccc1OCC(CO)(CO)CO. The van der Waals surface area contributed by atoms with Gasteiger partial charge >= 0.3 is 0 Å². The molecule has 192 valence electrons. The number of unbranched alkanes of at least 4 members (excludes halogenated alkanes) is 15. The number of aliphatic hydroxyl groups is 3. The summed E-state index contributed by atoms with van der Waals surface area (Å²) in [5.74, 6) is 0.790. The highest BCUT2D eigenvalue weighted by Gasteiger charge is 2.29. The molecule has 1 aromatic rings.